The van der Waals surface area contributed by atoms with Gasteiger partial charge in [-0.3, -0.25) is 9.78 Å². The van der Waals surface area contributed by atoms with E-state index < -0.39 is 5.92 Å². The summed E-state index contributed by atoms with van der Waals surface area (Å²) in [5, 5.41) is 15.4. The number of hydrogen-bond donors (Lipinski definition) is 0. The third-order valence-electron chi connectivity index (χ3n) is 4.83. The summed E-state index contributed by atoms with van der Waals surface area (Å²) in [5.41, 5.74) is 3.06. The quantitative estimate of drug-likeness (QED) is 0.686. The van der Waals surface area contributed by atoms with E-state index in [2.05, 4.69) is 16.2 Å². The Kier molecular flexibility index (Phi) is 5.04. The number of hydrogen-bond acceptors (Lipinski definition) is 5. The van der Waals surface area contributed by atoms with Gasteiger partial charge in [-0.05, 0) is 42.0 Å². The van der Waals surface area contributed by atoms with E-state index in [-0.39, 0.29) is 5.91 Å². The van der Waals surface area contributed by atoms with Crippen molar-refractivity contribution in [3.63, 3.8) is 0 Å². The lowest BCUT2D eigenvalue weighted by Gasteiger charge is -2.30. The minimum Gasteiger partial charge on any atom is -0.497 e. The predicted molar refractivity (Wildman–Crippen MR) is 110 cm³/mol. The molecule has 2 aromatic carbocycles. The highest BCUT2D eigenvalue weighted by atomic mass is 16.5. The first-order valence-electron chi connectivity index (χ1n) is 9.17. The lowest BCUT2D eigenvalue weighted by Crippen LogP contribution is -2.38. The van der Waals surface area contributed by atoms with Gasteiger partial charge in [-0.2, -0.15) is 15.4 Å². The van der Waals surface area contributed by atoms with E-state index >= 15 is 0 Å². The Morgan fingerprint density at radius 2 is 1.93 bits per heavy atom. The van der Waals surface area contributed by atoms with Crippen molar-refractivity contribution in [3.05, 3.63) is 89.7 Å². The van der Waals surface area contributed by atoms with Crippen LogP contribution in [0.4, 0.5) is 5.69 Å². The van der Waals surface area contributed by atoms with E-state index in [1.165, 1.54) is 5.01 Å². The number of pyridine rings is 1. The zero-order chi connectivity index (χ0) is 20.2. The summed E-state index contributed by atoms with van der Waals surface area (Å²) in [6.45, 7) is 0. The predicted octanol–water partition coefficient (Wildman–Crippen LogP) is 3.89. The molecule has 1 atom stereocenters. The van der Waals surface area contributed by atoms with Crippen LogP contribution >= 0.6 is 0 Å². The van der Waals surface area contributed by atoms with E-state index in [1.54, 1.807) is 37.6 Å². The number of para-hydroxylation sites is 1. The highest BCUT2D eigenvalue weighted by Crippen LogP contribution is 2.34. The molecule has 142 valence electrons. The van der Waals surface area contributed by atoms with E-state index in [0.717, 1.165) is 5.56 Å². The zero-order valence-electron chi connectivity index (χ0n) is 15.8. The normalized spacial score (nSPS) is 16.1. The van der Waals surface area contributed by atoms with E-state index in [1.807, 2.05) is 42.5 Å². The van der Waals surface area contributed by atoms with Crippen molar-refractivity contribution in [2.45, 2.75) is 12.3 Å². The van der Waals surface area contributed by atoms with Crippen LogP contribution in [0, 0.1) is 11.3 Å². The Balaban J connectivity index is 1.84. The first-order chi connectivity index (χ1) is 14.2. The molecule has 0 spiro atoms. The van der Waals surface area contributed by atoms with Crippen LogP contribution in [0.3, 0.4) is 0 Å². The molecule has 1 aliphatic heterocycles. The summed E-state index contributed by atoms with van der Waals surface area (Å²) < 4.78 is 5.33. The second-order valence-electron chi connectivity index (χ2n) is 6.57. The number of hydrazone groups is 1. The summed E-state index contributed by atoms with van der Waals surface area (Å²) >= 11 is 0. The Labute approximate surface area is 168 Å². The number of benzene rings is 2. The lowest BCUT2D eigenvalue weighted by molar-refractivity contribution is -0.120. The number of methoxy groups -OCH3 is 1. The fraction of sp³-hybridized carbons (Fsp3) is 0.130. The smallest absolute Gasteiger partial charge is 0.255 e. The second kappa shape index (κ2) is 7.95. The van der Waals surface area contributed by atoms with Crippen molar-refractivity contribution < 1.29 is 9.53 Å². The van der Waals surface area contributed by atoms with Crippen molar-refractivity contribution in [3.8, 4) is 11.8 Å². The summed E-state index contributed by atoms with van der Waals surface area (Å²) in [6.07, 6.45) is 2.11. The molecule has 1 unspecified atom stereocenters. The molecule has 0 saturated heterocycles. The Morgan fingerprint density at radius 1 is 1.10 bits per heavy atom. The Bertz CT molecular complexity index is 1120. The van der Waals surface area contributed by atoms with Gasteiger partial charge in [-0.15, -0.1) is 0 Å². The number of nitrogens with zero attached hydrogens (tertiary/aromatic N) is 4. The number of ether oxygens (including phenoxy) is 1. The van der Waals surface area contributed by atoms with Gasteiger partial charge in [0.25, 0.3) is 5.91 Å². The summed E-state index contributed by atoms with van der Waals surface area (Å²) in [5.74, 6) is 0.0214. The summed E-state index contributed by atoms with van der Waals surface area (Å²) in [4.78, 5) is 17.8. The van der Waals surface area contributed by atoms with Crippen LogP contribution in [0.1, 0.15) is 29.2 Å². The topological polar surface area (TPSA) is 78.6 Å². The third-order valence-corrected chi connectivity index (χ3v) is 4.83. The monoisotopic (exact) mass is 382 g/mol. The second-order valence-corrected chi connectivity index (χ2v) is 6.57. The maximum absolute atomic E-state index is 13.4. The molecule has 3 aromatic rings. The van der Waals surface area contributed by atoms with Gasteiger partial charge in [-0.1, -0.05) is 30.3 Å². The van der Waals surface area contributed by atoms with Crippen molar-refractivity contribution in [1.82, 2.24) is 4.98 Å². The van der Waals surface area contributed by atoms with Crippen LogP contribution in [-0.2, 0) is 4.79 Å². The number of nitriles is 1. The number of rotatable bonds is 4. The van der Waals surface area contributed by atoms with Crippen LogP contribution in [0.5, 0.6) is 5.75 Å². The van der Waals surface area contributed by atoms with Gasteiger partial charge in [0.2, 0.25) is 0 Å². The Morgan fingerprint density at radius 3 is 2.69 bits per heavy atom. The number of anilines is 1. The molecule has 6 heteroatoms. The molecule has 0 saturated carbocycles. The van der Waals surface area contributed by atoms with Gasteiger partial charge in [0.1, 0.15) is 11.8 Å². The fourth-order valence-corrected chi connectivity index (χ4v) is 3.37. The molecule has 2 heterocycles. The average Bonchev–Trinajstić information content (AvgIpc) is 2.80. The number of aromatic nitrogens is 1. The number of carbonyl (C=O) groups excluding carboxylic acids is 1. The van der Waals surface area contributed by atoms with Crippen LogP contribution < -0.4 is 9.75 Å². The van der Waals surface area contributed by atoms with Gasteiger partial charge in [0.15, 0.2) is 0 Å². The van der Waals surface area contributed by atoms with Crippen molar-refractivity contribution in [2.24, 2.45) is 5.10 Å². The van der Waals surface area contributed by atoms with Gasteiger partial charge in [0.05, 0.1) is 35.7 Å². The molecule has 29 heavy (non-hydrogen) atoms. The third kappa shape index (κ3) is 3.58. The summed E-state index contributed by atoms with van der Waals surface area (Å²) in [6, 6.07) is 22.1. The molecule has 0 aliphatic carbocycles. The maximum atomic E-state index is 13.4. The van der Waals surface area contributed by atoms with Crippen molar-refractivity contribution >= 4 is 17.3 Å². The molecule has 6 nitrogen and oxygen atoms in total. The molecule has 1 amide bonds. The average molecular weight is 382 g/mol. The van der Waals surface area contributed by atoms with E-state index in [4.69, 9.17) is 4.74 Å². The minimum atomic E-state index is -0.466. The first-order valence-corrected chi connectivity index (χ1v) is 9.17. The Hall–Kier alpha value is -3.98. The van der Waals surface area contributed by atoms with E-state index in [0.29, 0.717) is 34.8 Å². The standard InChI is InChI=1S/C23H18N4O2/c1-29-18-9-6-8-16(13-18)19-14-21(20-10-4-5-12-25-20)26-27(23(19)28)22-11-3-2-7-17(22)15-24/h2-13,19H,14H2,1H3. The molecule has 4 rings (SSSR count). The minimum absolute atomic E-state index is 0.194. The first kappa shape index (κ1) is 18.4. The number of amides is 1. The van der Waals surface area contributed by atoms with Crippen LogP contribution in [0.15, 0.2) is 78.0 Å². The molecule has 1 aromatic heterocycles. The van der Waals surface area contributed by atoms with Crippen molar-refractivity contribution in [1.29, 1.82) is 5.26 Å². The molecule has 0 bridgehead atoms. The maximum Gasteiger partial charge on any atom is 0.255 e. The highest BCUT2D eigenvalue weighted by Gasteiger charge is 2.35. The van der Waals surface area contributed by atoms with Gasteiger partial charge in [-0.25, -0.2) is 0 Å². The van der Waals surface area contributed by atoms with Crippen LogP contribution in [0.25, 0.3) is 0 Å². The summed E-state index contributed by atoms with van der Waals surface area (Å²) in [7, 11) is 1.60. The van der Waals surface area contributed by atoms with Gasteiger partial charge >= 0.3 is 0 Å². The molecular formula is C23H18N4O2. The SMILES string of the molecule is COc1cccc(C2CC(c3ccccn3)=NN(c3ccccc3C#N)C2=O)c1. The van der Waals surface area contributed by atoms with E-state index in [9.17, 15) is 10.1 Å². The molecular weight excluding hydrogens is 364 g/mol. The largest absolute Gasteiger partial charge is 0.497 e. The van der Waals surface area contributed by atoms with Crippen LogP contribution in [0.2, 0.25) is 0 Å². The van der Waals surface area contributed by atoms with Gasteiger partial charge in [0, 0.05) is 12.6 Å². The highest BCUT2D eigenvalue weighted by molar-refractivity contribution is 6.11. The molecule has 0 N–H and O–H groups in total. The van der Waals surface area contributed by atoms with Crippen molar-refractivity contribution in [2.75, 3.05) is 12.1 Å². The fourth-order valence-electron chi connectivity index (χ4n) is 3.37. The molecule has 1 aliphatic rings. The molecule has 0 radical (unpaired) electrons. The zero-order valence-corrected chi connectivity index (χ0v) is 15.8. The number of carbonyl (C=O) groups is 1. The molecule has 0 fully saturated rings. The van der Waals surface area contributed by atoms with Crippen LogP contribution in [-0.4, -0.2) is 23.7 Å². The lowest BCUT2D eigenvalue weighted by atomic mass is 9.89. The van der Waals surface area contributed by atoms with Gasteiger partial charge < -0.3 is 4.74 Å².